The van der Waals surface area contributed by atoms with Gasteiger partial charge in [-0.1, -0.05) is 48.0 Å². The van der Waals surface area contributed by atoms with Crippen LogP contribution in [0.2, 0.25) is 5.02 Å². The normalized spacial score (nSPS) is 10.3. The van der Waals surface area contributed by atoms with Gasteiger partial charge in [0.25, 0.3) is 5.69 Å². The van der Waals surface area contributed by atoms with E-state index in [0.29, 0.717) is 0 Å². The molecule has 0 bridgehead atoms. The van der Waals surface area contributed by atoms with Gasteiger partial charge in [0.1, 0.15) is 5.02 Å². The lowest BCUT2D eigenvalue weighted by atomic mass is 10.2. The van der Waals surface area contributed by atoms with E-state index in [-0.39, 0.29) is 10.7 Å². The smallest absolute Gasteiger partial charge is 0.258 e. The van der Waals surface area contributed by atoms with Crippen LogP contribution in [-0.4, -0.2) is 4.92 Å². The quantitative estimate of drug-likeness (QED) is 0.469. The topological polar surface area (TPSA) is 43.1 Å². The van der Waals surface area contributed by atoms with Crippen molar-refractivity contribution in [1.29, 1.82) is 0 Å². The molecule has 18 heavy (non-hydrogen) atoms. The molecule has 0 spiro atoms. The van der Waals surface area contributed by atoms with Crippen molar-refractivity contribution in [3.63, 3.8) is 0 Å². The van der Waals surface area contributed by atoms with Crippen LogP contribution in [-0.2, 0) is 5.75 Å². The summed E-state index contributed by atoms with van der Waals surface area (Å²) in [5.41, 5.74) is 1.11. The van der Waals surface area contributed by atoms with Gasteiger partial charge in [-0.2, -0.15) is 0 Å². The molecule has 92 valence electrons. The maximum atomic E-state index is 10.8. The number of thioether (sulfide) groups is 1. The second-order valence-corrected chi connectivity index (χ2v) is 5.02. The number of nitro benzene ring substituents is 1. The largest absolute Gasteiger partial charge is 0.289 e. The molecule has 0 aliphatic heterocycles. The van der Waals surface area contributed by atoms with Crippen molar-refractivity contribution < 1.29 is 4.92 Å². The number of rotatable bonds is 4. The predicted molar refractivity (Wildman–Crippen MR) is 74.1 cm³/mol. The minimum atomic E-state index is -0.463. The van der Waals surface area contributed by atoms with Gasteiger partial charge in [-0.25, -0.2) is 0 Å². The maximum Gasteiger partial charge on any atom is 0.289 e. The highest BCUT2D eigenvalue weighted by atomic mass is 35.5. The summed E-state index contributed by atoms with van der Waals surface area (Å²) in [6.45, 7) is 0. The van der Waals surface area contributed by atoms with Crippen LogP contribution in [0.25, 0.3) is 0 Å². The molecule has 0 aromatic heterocycles. The van der Waals surface area contributed by atoms with E-state index in [9.17, 15) is 10.1 Å². The van der Waals surface area contributed by atoms with E-state index in [2.05, 4.69) is 0 Å². The second-order valence-electron chi connectivity index (χ2n) is 3.62. The molecular formula is C13H10ClNO2S. The van der Waals surface area contributed by atoms with Crippen molar-refractivity contribution in [2.24, 2.45) is 0 Å². The van der Waals surface area contributed by atoms with Crippen LogP contribution in [0.5, 0.6) is 0 Å². The predicted octanol–water partition coefficient (Wildman–Crippen LogP) is 4.54. The lowest BCUT2D eigenvalue weighted by Gasteiger charge is -2.04. The fourth-order valence-corrected chi connectivity index (χ4v) is 2.77. The molecule has 2 aromatic carbocycles. The number of benzene rings is 2. The minimum Gasteiger partial charge on any atom is -0.258 e. The number of nitrogens with zero attached hydrogens (tertiary/aromatic N) is 1. The SMILES string of the molecule is O=[N+]([O-])c1cccc(SCc2ccccc2)c1Cl. The molecule has 0 saturated heterocycles. The number of hydrogen-bond donors (Lipinski definition) is 0. The lowest BCUT2D eigenvalue weighted by molar-refractivity contribution is -0.384. The van der Waals surface area contributed by atoms with E-state index in [1.807, 2.05) is 30.3 Å². The van der Waals surface area contributed by atoms with Crippen molar-refractivity contribution >= 4 is 29.1 Å². The molecule has 0 aliphatic carbocycles. The monoisotopic (exact) mass is 279 g/mol. The average Bonchev–Trinajstić information content (AvgIpc) is 2.38. The number of halogens is 1. The van der Waals surface area contributed by atoms with Gasteiger partial charge in [-0.05, 0) is 11.6 Å². The Hall–Kier alpha value is -1.52. The van der Waals surface area contributed by atoms with Gasteiger partial charge in [0.05, 0.1) is 4.92 Å². The summed E-state index contributed by atoms with van der Waals surface area (Å²) in [5.74, 6) is 0.738. The van der Waals surface area contributed by atoms with Crippen molar-refractivity contribution in [1.82, 2.24) is 0 Å². The highest BCUT2D eigenvalue weighted by Gasteiger charge is 2.15. The molecule has 0 amide bonds. The zero-order valence-electron chi connectivity index (χ0n) is 9.38. The van der Waals surface area contributed by atoms with Crippen LogP contribution < -0.4 is 0 Å². The first kappa shape index (κ1) is 12.9. The fourth-order valence-electron chi connectivity index (χ4n) is 1.49. The Labute approximate surface area is 114 Å². The fraction of sp³-hybridized carbons (Fsp3) is 0.0769. The zero-order valence-corrected chi connectivity index (χ0v) is 10.9. The molecule has 3 nitrogen and oxygen atoms in total. The molecule has 5 heteroatoms. The molecule has 0 unspecified atom stereocenters. The third-order valence-electron chi connectivity index (χ3n) is 2.38. The minimum absolute atomic E-state index is 0.0465. The molecule has 2 aromatic rings. The summed E-state index contributed by atoms with van der Waals surface area (Å²) in [7, 11) is 0. The van der Waals surface area contributed by atoms with Gasteiger partial charge < -0.3 is 0 Å². The van der Waals surface area contributed by atoms with Crippen molar-refractivity contribution in [2.45, 2.75) is 10.6 Å². The summed E-state index contributed by atoms with van der Waals surface area (Å²) in [4.78, 5) is 11.0. The molecule has 2 rings (SSSR count). The van der Waals surface area contributed by atoms with E-state index in [4.69, 9.17) is 11.6 Å². The lowest BCUT2D eigenvalue weighted by Crippen LogP contribution is -1.90. The Morgan fingerprint density at radius 2 is 1.83 bits per heavy atom. The molecule has 0 aliphatic rings. The van der Waals surface area contributed by atoms with Crippen molar-refractivity contribution in [3.05, 3.63) is 69.2 Å². The first-order valence-corrected chi connectivity index (χ1v) is 6.64. The average molecular weight is 280 g/mol. The molecule has 0 N–H and O–H groups in total. The van der Waals surface area contributed by atoms with E-state index in [1.54, 1.807) is 12.1 Å². The first-order valence-electron chi connectivity index (χ1n) is 5.28. The molecule has 0 fully saturated rings. The second kappa shape index (κ2) is 5.89. The van der Waals surface area contributed by atoms with E-state index >= 15 is 0 Å². The van der Waals surface area contributed by atoms with Gasteiger partial charge in [-0.3, -0.25) is 10.1 Å². The summed E-state index contributed by atoms with van der Waals surface area (Å²) in [6, 6.07) is 14.8. The number of hydrogen-bond acceptors (Lipinski definition) is 3. The Balaban J connectivity index is 2.15. The summed E-state index contributed by atoms with van der Waals surface area (Å²) < 4.78 is 0. The summed E-state index contributed by atoms with van der Waals surface area (Å²) in [5, 5.41) is 11.0. The number of nitro groups is 1. The van der Waals surface area contributed by atoms with E-state index in [1.165, 1.54) is 17.8 Å². The van der Waals surface area contributed by atoms with Crippen LogP contribution in [0.3, 0.4) is 0 Å². The van der Waals surface area contributed by atoms with E-state index < -0.39 is 4.92 Å². The maximum absolute atomic E-state index is 10.8. The van der Waals surface area contributed by atoms with Crippen molar-refractivity contribution in [3.8, 4) is 0 Å². The van der Waals surface area contributed by atoms with Crippen LogP contribution >= 0.6 is 23.4 Å². The highest BCUT2D eigenvalue weighted by molar-refractivity contribution is 7.98. The molecule has 0 radical (unpaired) electrons. The Kier molecular flexibility index (Phi) is 4.23. The third kappa shape index (κ3) is 3.03. The third-order valence-corrected chi connectivity index (χ3v) is 4.01. The van der Waals surface area contributed by atoms with Crippen LogP contribution in [0.15, 0.2) is 53.4 Å². The van der Waals surface area contributed by atoms with Gasteiger partial charge in [-0.15, -0.1) is 11.8 Å². The standard InChI is InChI=1S/C13H10ClNO2S/c14-13-11(15(16)17)7-4-8-12(13)18-9-10-5-2-1-3-6-10/h1-8H,9H2. The Morgan fingerprint density at radius 1 is 1.11 bits per heavy atom. The van der Waals surface area contributed by atoms with Crippen molar-refractivity contribution in [2.75, 3.05) is 0 Å². The molecule has 0 heterocycles. The first-order chi connectivity index (χ1) is 8.68. The Bertz CT molecular complexity index is 560. The van der Waals surface area contributed by atoms with Crippen LogP contribution in [0.1, 0.15) is 5.56 Å². The Morgan fingerprint density at radius 3 is 2.50 bits per heavy atom. The van der Waals surface area contributed by atoms with E-state index in [0.717, 1.165) is 16.2 Å². The summed E-state index contributed by atoms with van der Waals surface area (Å²) >= 11 is 7.50. The van der Waals surface area contributed by atoms with Gasteiger partial charge in [0.15, 0.2) is 0 Å². The molecule has 0 saturated carbocycles. The van der Waals surface area contributed by atoms with Crippen LogP contribution in [0.4, 0.5) is 5.69 Å². The van der Waals surface area contributed by atoms with Gasteiger partial charge in [0, 0.05) is 16.7 Å². The molecular weight excluding hydrogens is 270 g/mol. The van der Waals surface area contributed by atoms with Crippen LogP contribution in [0, 0.1) is 10.1 Å². The molecule has 0 atom stereocenters. The summed E-state index contributed by atoms with van der Waals surface area (Å²) in [6.07, 6.45) is 0. The highest BCUT2D eigenvalue weighted by Crippen LogP contribution is 2.35. The zero-order chi connectivity index (χ0) is 13.0. The van der Waals surface area contributed by atoms with Gasteiger partial charge >= 0.3 is 0 Å². The van der Waals surface area contributed by atoms with Gasteiger partial charge in [0.2, 0.25) is 0 Å².